The van der Waals surface area contributed by atoms with E-state index in [0.29, 0.717) is 37.7 Å². The quantitative estimate of drug-likeness (QED) is 0.279. The number of Topliss-reactive ketones (excluding diaryl/α,β-unsaturated/α-hetero) is 1. The van der Waals surface area contributed by atoms with Gasteiger partial charge in [-0.3, -0.25) is 9.59 Å². The molecule has 0 aromatic rings. The molecule has 2 saturated carbocycles. The first-order valence-corrected chi connectivity index (χ1v) is 12.4. The summed E-state index contributed by atoms with van der Waals surface area (Å²) in [7, 11) is 0. The summed E-state index contributed by atoms with van der Waals surface area (Å²) in [5.41, 5.74) is -1.80. The summed E-state index contributed by atoms with van der Waals surface area (Å²) in [6.45, 7) is 9.05. The van der Waals surface area contributed by atoms with Crippen molar-refractivity contribution in [1.29, 1.82) is 0 Å². The van der Waals surface area contributed by atoms with Gasteiger partial charge in [-0.05, 0) is 42.6 Å². The van der Waals surface area contributed by atoms with Crippen molar-refractivity contribution in [1.82, 2.24) is 0 Å². The molecular formula is C26H38O9. The third-order valence-corrected chi connectivity index (χ3v) is 8.99. The van der Waals surface area contributed by atoms with Gasteiger partial charge in [0.05, 0.1) is 12.0 Å². The van der Waals surface area contributed by atoms with Crippen molar-refractivity contribution >= 4 is 11.8 Å². The number of hydrogen-bond donors (Lipinski definition) is 5. The fourth-order valence-corrected chi connectivity index (χ4v) is 7.06. The van der Waals surface area contributed by atoms with Crippen LogP contribution >= 0.6 is 0 Å². The van der Waals surface area contributed by atoms with Gasteiger partial charge < -0.3 is 35.0 Å². The first-order valence-electron chi connectivity index (χ1n) is 12.4. The number of esters is 1. The molecule has 0 aromatic heterocycles. The van der Waals surface area contributed by atoms with E-state index >= 15 is 0 Å². The number of ether oxygens (including phenoxy) is 2. The minimum Gasteiger partial charge on any atom is -0.432 e. The van der Waals surface area contributed by atoms with Crippen molar-refractivity contribution in [3.63, 3.8) is 0 Å². The van der Waals surface area contributed by atoms with Crippen molar-refractivity contribution in [2.45, 2.75) is 89.7 Å². The van der Waals surface area contributed by atoms with Gasteiger partial charge in [-0.25, -0.2) is 0 Å². The Morgan fingerprint density at radius 3 is 2.46 bits per heavy atom. The predicted molar refractivity (Wildman–Crippen MR) is 124 cm³/mol. The van der Waals surface area contributed by atoms with Crippen LogP contribution in [0.2, 0.25) is 0 Å². The first-order chi connectivity index (χ1) is 16.3. The molecule has 0 spiro atoms. The van der Waals surface area contributed by atoms with Crippen LogP contribution in [0.25, 0.3) is 0 Å². The SMILES string of the molecule is C=C[C@]1(C)C=C2[C@@H](O)C(=O)[C@H]3C(C)(C)CCC[C@]3(C(=O)O[C@@H]3O[C@H](CO)[C@@H](O)[C@H](O)[C@H]3O)[C@H]2CC1. The number of allylic oxidation sites excluding steroid dienone is 2. The molecule has 9 nitrogen and oxygen atoms in total. The Labute approximate surface area is 205 Å². The molecule has 1 heterocycles. The van der Waals surface area contributed by atoms with Crippen LogP contribution in [0.3, 0.4) is 0 Å². The maximum absolute atomic E-state index is 14.1. The molecule has 0 aromatic carbocycles. The lowest BCUT2D eigenvalue weighted by Crippen LogP contribution is -2.65. The zero-order chi connectivity index (χ0) is 25.9. The molecule has 10 atom stereocenters. The van der Waals surface area contributed by atoms with Crippen LogP contribution in [0.5, 0.6) is 0 Å². The largest absolute Gasteiger partial charge is 0.432 e. The van der Waals surface area contributed by atoms with E-state index in [0.717, 1.165) is 0 Å². The summed E-state index contributed by atoms with van der Waals surface area (Å²) in [5, 5.41) is 51.3. The molecule has 5 N–H and O–H groups in total. The number of fused-ring (bicyclic) bond motifs is 3. The summed E-state index contributed by atoms with van der Waals surface area (Å²) in [4.78, 5) is 27.8. The number of aliphatic hydroxyl groups excluding tert-OH is 5. The number of hydrogen-bond acceptors (Lipinski definition) is 9. The van der Waals surface area contributed by atoms with E-state index in [2.05, 4.69) is 6.58 Å². The van der Waals surface area contributed by atoms with Gasteiger partial charge in [0.25, 0.3) is 0 Å². The van der Waals surface area contributed by atoms with Crippen molar-refractivity contribution in [3.05, 3.63) is 24.3 Å². The van der Waals surface area contributed by atoms with Gasteiger partial charge >= 0.3 is 5.97 Å². The molecule has 3 fully saturated rings. The molecule has 1 aliphatic heterocycles. The Morgan fingerprint density at radius 1 is 1.14 bits per heavy atom. The molecule has 1 saturated heterocycles. The molecule has 0 radical (unpaired) electrons. The standard InChI is InChI=1S/C26H38O9/c1-5-25(4)10-7-14-13(11-25)16(28)19(31)21-24(2,3)8-6-9-26(14,21)23(33)35-22-20(32)18(30)17(29)15(12-27)34-22/h5,11,14-18,20-22,27-30,32H,1,6-10,12H2,2-4H3/t14-,15+,16+,17+,18-,20+,21-,22-,25-,26-/m0/s1. The van der Waals surface area contributed by atoms with Gasteiger partial charge in [0.2, 0.25) is 6.29 Å². The van der Waals surface area contributed by atoms with E-state index in [-0.39, 0.29) is 0 Å². The second-order valence-corrected chi connectivity index (χ2v) is 11.7. The fourth-order valence-electron chi connectivity index (χ4n) is 7.06. The third kappa shape index (κ3) is 4.01. The molecule has 4 aliphatic rings. The van der Waals surface area contributed by atoms with E-state index in [1.165, 1.54) is 0 Å². The van der Waals surface area contributed by atoms with E-state index in [9.17, 15) is 35.1 Å². The third-order valence-electron chi connectivity index (χ3n) is 8.99. The lowest BCUT2D eigenvalue weighted by atomic mass is 9.44. The lowest BCUT2D eigenvalue weighted by molar-refractivity contribution is -0.298. The van der Waals surface area contributed by atoms with Crippen LogP contribution in [0.4, 0.5) is 0 Å². The van der Waals surface area contributed by atoms with Crippen LogP contribution in [-0.2, 0) is 19.1 Å². The molecule has 0 bridgehead atoms. The smallest absolute Gasteiger partial charge is 0.315 e. The lowest BCUT2D eigenvalue weighted by Gasteiger charge is -2.59. The molecule has 196 valence electrons. The highest BCUT2D eigenvalue weighted by Gasteiger charge is 2.67. The van der Waals surface area contributed by atoms with Gasteiger partial charge in [0.15, 0.2) is 5.78 Å². The Morgan fingerprint density at radius 2 is 1.83 bits per heavy atom. The van der Waals surface area contributed by atoms with Crippen molar-refractivity contribution in [3.8, 4) is 0 Å². The van der Waals surface area contributed by atoms with Crippen LogP contribution < -0.4 is 0 Å². The van der Waals surface area contributed by atoms with Gasteiger partial charge in [0.1, 0.15) is 30.5 Å². The second-order valence-electron chi connectivity index (χ2n) is 11.7. The highest BCUT2D eigenvalue weighted by Crippen LogP contribution is 2.63. The summed E-state index contributed by atoms with van der Waals surface area (Å²) in [5.74, 6) is -2.43. The highest BCUT2D eigenvalue weighted by molar-refractivity contribution is 5.97. The minimum absolute atomic E-state index is 0.364. The maximum atomic E-state index is 14.1. The number of aliphatic hydroxyl groups is 5. The Kier molecular flexibility index (Phi) is 6.83. The molecule has 35 heavy (non-hydrogen) atoms. The molecule has 0 amide bonds. The Hall–Kier alpha value is -1.62. The number of carbonyl (C=O) groups excluding carboxylic acids is 2. The molecule has 9 heteroatoms. The molecular weight excluding hydrogens is 456 g/mol. The highest BCUT2D eigenvalue weighted by atomic mass is 16.7. The van der Waals surface area contributed by atoms with Crippen LogP contribution in [0, 0.1) is 28.1 Å². The van der Waals surface area contributed by atoms with E-state index < -0.39 is 83.3 Å². The molecule has 3 aliphatic carbocycles. The number of rotatable bonds is 4. The average molecular weight is 495 g/mol. The normalized spacial score (nSPS) is 47.2. The van der Waals surface area contributed by atoms with Crippen LogP contribution in [0.15, 0.2) is 24.3 Å². The minimum atomic E-state index is -1.74. The summed E-state index contributed by atoms with van der Waals surface area (Å²) >= 11 is 0. The van der Waals surface area contributed by atoms with Gasteiger partial charge in [-0.1, -0.05) is 39.3 Å². The van der Waals surface area contributed by atoms with E-state index in [1.54, 1.807) is 6.08 Å². The zero-order valence-electron chi connectivity index (χ0n) is 20.6. The van der Waals surface area contributed by atoms with E-state index in [4.69, 9.17) is 9.47 Å². The van der Waals surface area contributed by atoms with Crippen LogP contribution in [0.1, 0.15) is 52.9 Å². The summed E-state index contributed by atoms with van der Waals surface area (Å²) in [6.07, 6.45) is -2.62. The van der Waals surface area contributed by atoms with Crippen molar-refractivity contribution in [2.75, 3.05) is 6.61 Å². The predicted octanol–water partition coefficient (Wildman–Crippen LogP) is 0.614. The molecule has 4 rings (SSSR count). The maximum Gasteiger partial charge on any atom is 0.315 e. The summed E-state index contributed by atoms with van der Waals surface area (Å²) < 4.78 is 11.1. The van der Waals surface area contributed by atoms with Crippen molar-refractivity contribution < 1.29 is 44.6 Å². The Bertz CT molecular complexity index is 910. The number of carbonyl (C=O) groups is 2. The van der Waals surface area contributed by atoms with E-state index in [1.807, 2.05) is 26.8 Å². The molecule has 0 unspecified atom stereocenters. The van der Waals surface area contributed by atoms with Gasteiger partial charge in [0, 0.05) is 11.3 Å². The monoisotopic (exact) mass is 494 g/mol. The summed E-state index contributed by atoms with van der Waals surface area (Å²) in [6, 6.07) is 0. The second kappa shape index (κ2) is 9.04. The average Bonchev–Trinajstić information content (AvgIpc) is 2.82. The number of ketones is 1. The first kappa shape index (κ1) is 26.4. The van der Waals surface area contributed by atoms with Gasteiger partial charge in [-0.15, -0.1) is 6.58 Å². The van der Waals surface area contributed by atoms with Gasteiger partial charge in [-0.2, -0.15) is 0 Å². The van der Waals surface area contributed by atoms with Crippen LogP contribution in [-0.4, -0.2) is 80.7 Å². The zero-order valence-corrected chi connectivity index (χ0v) is 20.6. The topological polar surface area (TPSA) is 154 Å². The fraction of sp³-hybridized carbons (Fsp3) is 0.769. The Balaban J connectivity index is 1.77. The van der Waals surface area contributed by atoms with Crippen molar-refractivity contribution in [2.24, 2.45) is 28.1 Å².